The first-order valence-corrected chi connectivity index (χ1v) is 14.3. The van der Waals surface area contributed by atoms with Crippen LogP contribution in [-0.2, 0) is 16.1 Å². The molecule has 2 N–H and O–H groups in total. The highest BCUT2D eigenvalue weighted by molar-refractivity contribution is 7.99. The largest absolute Gasteiger partial charge is 0.374 e. The monoisotopic (exact) mass is 571 g/mol. The number of anilines is 1. The van der Waals surface area contributed by atoms with E-state index in [9.17, 15) is 14.0 Å². The molecule has 1 aromatic heterocycles. The van der Waals surface area contributed by atoms with Crippen LogP contribution < -0.4 is 16.3 Å². The van der Waals surface area contributed by atoms with Gasteiger partial charge in [-0.1, -0.05) is 30.3 Å². The predicted octanol–water partition coefficient (Wildman–Crippen LogP) is 3.92. The van der Waals surface area contributed by atoms with Crippen LogP contribution in [0.15, 0.2) is 52.7 Å². The number of ether oxygens (including phenoxy) is 1. The molecule has 5 rings (SSSR count). The van der Waals surface area contributed by atoms with Crippen molar-refractivity contribution in [1.82, 2.24) is 14.5 Å². The van der Waals surface area contributed by atoms with Crippen molar-refractivity contribution >= 4 is 46.0 Å². The van der Waals surface area contributed by atoms with E-state index in [0.717, 1.165) is 26.9 Å². The van der Waals surface area contributed by atoms with Crippen LogP contribution in [0.3, 0.4) is 0 Å². The molecular formula is C28H31ClFN5O3S. The lowest BCUT2D eigenvalue weighted by Gasteiger charge is -2.44. The summed E-state index contributed by atoms with van der Waals surface area (Å²) < 4.78 is 21.4. The zero-order chi connectivity index (χ0) is 27.8. The highest BCUT2D eigenvalue weighted by atomic mass is 35.5. The van der Waals surface area contributed by atoms with E-state index >= 15 is 0 Å². The van der Waals surface area contributed by atoms with Crippen LogP contribution in [0, 0.1) is 5.82 Å². The van der Waals surface area contributed by atoms with E-state index in [0.29, 0.717) is 49.4 Å². The number of nitrogens with two attached hydrogens (primary N) is 1. The number of thioether (sulfide) groups is 1. The number of carbonyl (C=O) groups is 1. The van der Waals surface area contributed by atoms with Crippen molar-refractivity contribution in [2.45, 2.75) is 43.5 Å². The second-order valence-electron chi connectivity index (χ2n) is 9.94. The van der Waals surface area contributed by atoms with Gasteiger partial charge in [-0.15, -0.1) is 11.8 Å². The number of aromatic nitrogens is 2. The van der Waals surface area contributed by atoms with E-state index in [1.54, 1.807) is 33.4 Å². The number of piperazine rings is 1. The summed E-state index contributed by atoms with van der Waals surface area (Å²) in [7, 11) is 0. The number of hydrogen-bond donors (Lipinski definition) is 1. The Labute approximate surface area is 235 Å². The molecule has 2 aliphatic rings. The molecule has 206 valence electrons. The topological polar surface area (TPSA) is 93.7 Å². The Balaban J connectivity index is 1.70. The van der Waals surface area contributed by atoms with Crippen molar-refractivity contribution in [1.29, 1.82) is 0 Å². The predicted molar refractivity (Wildman–Crippen MR) is 154 cm³/mol. The molecule has 1 saturated heterocycles. The van der Waals surface area contributed by atoms with E-state index in [-0.39, 0.29) is 35.6 Å². The van der Waals surface area contributed by atoms with Crippen molar-refractivity contribution < 1.29 is 13.9 Å². The first-order valence-electron chi connectivity index (χ1n) is 12.9. The number of benzene rings is 2. The fourth-order valence-corrected chi connectivity index (χ4v) is 7.25. The minimum absolute atomic E-state index is 0.119. The molecule has 0 spiro atoms. The number of halogens is 2. The Hall–Kier alpha value is -2.92. The molecule has 0 bridgehead atoms. The van der Waals surface area contributed by atoms with Gasteiger partial charge in [-0.25, -0.2) is 9.18 Å². The van der Waals surface area contributed by atoms with E-state index in [1.165, 1.54) is 18.2 Å². The molecule has 39 heavy (non-hydrogen) atoms. The SMILES string of the molecule is C=CC(=O)N1[C@H](C)CN(c2nc(=O)n3c4c(c(-c5ccc(F)cc5)c(Cl)cc24)SCC(OCCN)C3)C[C@@H]1C. The Bertz CT molecular complexity index is 1470. The van der Waals surface area contributed by atoms with Crippen LogP contribution in [0.1, 0.15) is 13.8 Å². The van der Waals surface area contributed by atoms with Gasteiger partial charge in [0.1, 0.15) is 11.6 Å². The summed E-state index contributed by atoms with van der Waals surface area (Å²) in [4.78, 5) is 35.3. The number of hydrogen-bond acceptors (Lipinski definition) is 7. The molecule has 3 aromatic rings. The fraction of sp³-hybridized carbons (Fsp3) is 0.393. The molecular weight excluding hydrogens is 541 g/mol. The van der Waals surface area contributed by atoms with Gasteiger partial charge in [0, 0.05) is 53.3 Å². The average molecular weight is 572 g/mol. The molecule has 1 fully saturated rings. The molecule has 8 nitrogen and oxygen atoms in total. The highest BCUT2D eigenvalue weighted by Gasteiger charge is 2.34. The lowest BCUT2D eigenvalue weighted by atomic mass is 10.0. The maximum Gasteiger partial charge on any atom is 0.350 e. The van der Waals surface area contributed by atoms with E-state index < -0.39 is 0 Å². The summed E-state index contributed by atoms with van der Waals surface area (Å²) >= 11 is 8.51. The zero-order valence-electron chi connectivity index (χ0n) is 21.9. The Morgan fingerprint density at radius 2 is 1.95 bits per heavy atom. The van der Waals surface area contributed by atoms with Crippen molar-refractivity contribution in [3.8, 4) is 11.1 Å². The van der Waals surface area contributed by atoms with E-state index in [1.807, 2.05) is 19.9 Å². The highest BCUT2D eigenvalue weighted by Crippen LogP contribution is 2.45. The van der Waals surface area contributed by atoms with Crippen LogP contribution in [-0.4, -0.2) is 70.5 Å². The lowest BCUT2D eigenvalue weighted by molar-refractivity contribution is -0.130. The van der Waals surface area contributed by atoms with Gasteiger partial charge in [-0.3, -0.25) is 9.36 Å². The summed E-state index contributed by atoms with van der Waals surface area (Å²) in [6, 6.07) is 7.78. The van der Waals surface area contributed by atoms with E-state index in [4.69, 9.17) is 22.1 Å². The molecule has 0 radical (unpaired) electrons. The van der Waals surface area contributed by atoms with Crippen LogP contribution in [0.25, 0.3) is 22.0 Å². The zero-order valence-corrected chi connectivity index (χ0v) is 23.5. The third-order valence-corrected chi connectivity index (χ3v) is 8.72. The summed E-state index contributed by atoms with van der Waals surface area (Å²) in [5.41, 5.74) is 7.50. The molecule has 11 heteroatoms. The smallest absolute Gasteiger partial charge is 0.350 e. The van der Waals surface area contributed by atoms with Gasteiger partial charge in [0.25, 0.3) is 0 Å². The second-order valence-corrected chi connectivity index (χ2v) is 11.4. The Morgan fingerprint density at radius 1 is 1.26 bits per heavy atom. The molecule has 2 aromatic carbocycles. The summed E-state index contributed by atoms with van der Waals surface area (Å²) in [6.07, 6.45) is 1.07. The summed E-state index contributed by atoms with van der Waals surface area (Å²) in [5, 5.41) is 1.23. The number of nitrogens with zero attached hydrogens (tertiary/aromatic N) is 4. The van der Waals surface area contributed by atoms with Gasteiger partial charge in [0.15, 0.2) is 0 Å². The number of rotatable bonds is 6. The lowest BCUT2D eigenvalue weighted by Crippen LogP contribution is -2.58. The maximum absolute atomic E-state index is 13.8. The molecule has 3 heterocycles. The van der Waals surface area contributed by atoms with E-state index in [2.05, 4.69) is 16.5 Å². The van der Waals surface area contributed by atoms with Gasteiger partial charge in [-0.2, -0.15) is 4.98 Å². The van der Waals surface area contributed by atoms with Gasteiger partial charge in [0.05, 0.1) is 29.8 Å². The number of carbonyl (C=O) groups excluding carboxylic acids is 1. The van der Waals surface area contributed by atoms with Crippen LogP contribution in [0.2, 0.25) is 5.02 Å². The molecule has 0 aliphatic carbocycles. The van der Waals surface area contributed by atoms with Crippen LogP contribution >= 0.6 is 23.4 Å². The van der Waals surface area contributed by atoms with Crippen LogP contribution in [0.4, 0.5) is 10.2 Å². The Morgan fingerprint density at radius 3 is 2.59 bits per heavy atom. The standard InChI is InChI=1S/C28H31ClFN5O3S/c1-4-23(36)35-16(2)12-33(13-17(35)3)27-21-11-22(29)24(18-5-7-19(30)8-6-18)26-25(21)34(28(37)32-27)14-20(15-39-26)38-10-9-31/h4-8,11,16-17,20H,1,9-10,12-15,31H2,2-3H3/t16-,17+,20?. The summed E-state index contributed by atoms with van der Waals surface area (Å²) in [5.74, 6) is 0.649. The third-order valence-electron chi connectivity index (χ3n) is 7.20. The quantitative estimate of drug-likeness (QED) is 0.448. The first kappa shape index (κ1) is 27.6. The van der Waals surface area contributed by atoms with Gasteiger partial charge in [-0.05, 0) is 43.7 Å². The average Bonchev–Trinajstić information content (AvgIpc) is 3.10. The van der Waals surface area contributed by atoms with Crippen molar-refractivity contribution in [2.24, 2.45) is 5.73 Å². The van der Waals surface area contributed by atoms with Crippen LogP contribution in [0.5, 0.6) is 0 Å². The molecule has 0 saturated carbocycles. The van der Waals surface area contributed by atoms with Gasteiger partial charge < -0.3 is 20.3 Å². The van der Waals surface area contributed by atoms with Crippen molar-refractivity contribution in [2.75, 3.05) is 36.9 Å². The van der Waals surface area contributed by atoms with Gasteiger partial charge >= 0.3 is 5.69 Å². The molecule has 1 unspecified atom stereocenters. The maximum atomic E-state index is 13.8. The minimum Gasteiger partial charge on any atom is -0.374 e. The number of amides is 1. The minimum atomic E-state index is -0.389. The normalized spacial score (nSPS) is 21.2. The van der Waals surface area contributed by atoms with Gasteiger partial charge in [0.2, 0.25) is 5.91 Å². The fourth-order valence-electron chi connectivity index (χ4n) is 5.60. The molecule has 2 aliphatic heterocycles. The first-order chi connectivity index (χ1) is 18.7. The summed E-state index contributed by atoms with van der Waals surface area (Å²) in [6.45, 7) is 9.65. The molecule has 3 atom stereocenters. The van der Waals surface area contributed by atoms with Crippen molar-refractivity contribution in [3.63, 3.8) is 0 Å². The third kappa shape index (κ3) is 5.18. The van der Waals surface area contributed by atoms with Crippen molar-refractivity contribution in [3.05, 3.63) is 64.3 Å². The molecule has 1 amide bonds. The Kier molecular flexibility index (Phi) is 8.00. The second kappa shape index (κ2) is 11.3.